The maximum absolute atomic E-state index is 9.53. The van der Waals surface area contributed by atoms with Crippen LogP contribution in [-0.4, -0.2) is 22.3 Å². The average molecular weight is 191 g/mol. The predicted octanol–water partition coefficient (Wildman–Crippen LogP) is 1.65. The summed E-state index contributed by atoms with van der Waals surface area (Å²) >= 11 is 0. The summed E-state index contributed by atoms with van der Waals surface area (Å²) in [5.74, 6) is 0.341. The monoisotopic (exact) mass is 191 g/mol. The zero-order valence-electron chi connectivity index (χ0n) is 7.56. The Morgan fingerprint density at radius 3 is 2.71 bits per heavy atom. The van der Waals surface area contributed by atoms with Gasteiger partial charge in [0.1, 0.15) is 11.5 Å². The van der Waals surface area contributed by atoms with Crippen molar-refractivity contribution < 1.29 is 14.9 Å². The third kappa shape index (κ3) is 1.12. The van der Waals surface area contributed by atoms with E-state index in [1.54, 1.807) is 12.1 Å². The second kappa shape index (κ2) is 3.06. The van der Waals surface area contributed by atoms with Crippen molar-refractivity contribution >= 4 is 10.8 Å². The number of methoxy groups -OCH3 is 1. The van der Waals surface area contributed by atoms with E-state index in [0.717, 1.165) is 0 Å². The predicted molar refractivity (Wildman–Crippen MR) is 51.6 cm³/mol. The van der Waals surface area contributed by atoms with Crippen LogP contribution < -0.4 is 4.74 Å². The van der Waals surface area contributed by atoms with E-state index in [-0.39, 0.29) is 11.5 Å². The Bertz CT molecular complexity index is 474. The summed E-state index contributed by atoms with van der Waals surface area (Å²) in [6, 6.07) is 4.89. The lowest BCUT2D eigenvalue weighted by atomic mass is 10.1. The van der Waals surface area contributed by atoms with E-state index in [2.05, 4.69) is 4.98 Å². The first kappa shape index (κ1) is 8.62. The number of aromatic hydroxyl groups is 2. The number of phenolic OH excluding ortho intramolecular Hbond substituents is 1. The van der Waals surface area contributed by atoms with Crippen LogP contribution >= 0.6 is 0 Å². The molecule has 2 aromatic rings. The third-order valence-corrected chi connectivity index (χ3v) is 2.03. The molecule has 4 heteroatoms. The number of hydrogen-bond acceptors (Lipinski definition) is 4. The minimum atomic E-state index is -0.0566. The third-order valence-electron chi connectivity index (χ3n) is 2.03. The van der Waals surface area contributed by atoms with Crippen LogP contribution in [0.4, 0.5) is 0 Å². The Labute approximate surface area is 80.4 Å². The maximum atomic E-state index is 9.53. The molecule has 0 aliphatic heterocycles. The van der Waals surface area contributed by atoms with Crippen LogP contribution in [0.3, 0.4) is 0 Å². The highest BCUT2D eigenvalue weighted by atomic mass is 16.5. The molecule has 0 aliphatic carbocycles. The molecule has 1 aromatic carbocycles. The maximum Gasteiger partial charge on any atom is 0.221 e. The van der Waals surface area contributed by atoms with Crippen molar-refractivity contribution in [3.8, 4) is 17.4 Å². The van der Waals surface area contributed by atoms with E-state index in [1.165, 1.54) is 19.4 Å². The lowest BCUT2D eigenvalue weighted by Gasteiger charge is -2.06. The van der Waals surface area contributed by atoms with Gasteiger partial charge in [-0.15, -0.1) is 0 Å². The number of ether oxygens (including phenoxy) is 1. The molecular weight excluding hydrogens is 182 g/mol. The largest absolute Gasteiger partial charge is 0.507 e. The van der Waals surface area contributed by atoms with Crippen molar-refractivity contribution in [2.45, 2.75) is 0 Å². The van der Waals surface area contributed by atoms with Crippen LogP contribution in [0.2, 0.25) is 0 Å². The van der Waals surface area contributed by atoms with E-state index in [9.17, 15) is 10.2 Å². The first-order chi connectivity index (χ1) is 6.74. The van der Waals surface area contributed by atoms with Gasteiger partial charge < -0.3 is 14.9 Å². The fraction of sp³-hybridized carbons (Fsp3) is 0.100. The highest BCUT2D eigenvalue weighted by Gasteiger charge is 2.09. The summed E-state index contributed by atoms with van der Waals surface area (Å²) in [5, 5.41) is 20.0. The van der Waals surface area contributed by atoms with Gasteiger partial charge in [-0.2, -0.15) is 0 Å². The summed E-state index contributed by atoms with van der Waals surface area (Å²) < 4.78 is 5.00. The molecule has 72 valence electrons. The van der Waals surface area contributed by atoms with Gasteiger partial charge in [0.05, 0.1) is 24.1 Å². The summed E-state index contributed by atoms with van der Waals surface area (Å²) in [6.45, 7) is 0. The molecule has 14 heavy (non-hydrogen) atoms. The summed E-state index contributed by atoms with van der Waals surface area (Å²) in [6.07, 6.45) is 1.25. The topological polar surface area (TPSA) is 62.6 Å². The van der Waals surface area contributed by atoms with Gasteiger partial charge in [-0.25, -0.2) is 4.98 Å². The SMILES string of the molecule is COc1ncc(O)c2c(O)cccc12. The number of aromatic nitrogens is 1. The first-order valence-corrected chi connectivity index (χ1v) is 4.07. The Balaban J connectivity index is 2.91. The first-order valence-electron chi connectivity index (χ1n) is 4.07. The van der Waals surface area contributed by atoms with E-state index in [4.69, 9.17) is 4.74 Å². The number of pyridine rings is 1. The smallest absolute Gasteiger partial charge is 0.221 e. The van der Waals surface area contributed by atoms with Crippen molar-refractivity contribution in [1.82, 2.24) is 4.98 Å². The van der Waals surface area contributed by atoms with Gasteiger partial charge in [-0.3, -0.25) is 0 Å². The van der Waals surface area contributed by atoms with Crippen molar-refractivity contribution in [3.05, 3.63) is 24.4 Å². The van der Waals surface area contributed by atoms with Crippen LogP contribution in [0, 0.1) is 0 Å². The number of hydrogen-bond donors (Lipinski definition) is 2. The molecule has 0 amide bonds. The van der Waals surface area contributed by atoms with Crippen LogP contribution in [-0.2, 0) is 0 Å². The van der Waals surface area contributed by atoms with Crippen molar-refractivity contribution in [2.24, 2.45) is 0 Å². The van der Waals surface area contributed by atoms with Gasteiger partial charge in [-0.05, 0) is 12.1 Å². The van der Waals surface area contributed by atoms with Crippen LogP contribution in [0.15, 0.2) is 24.4 Å². The zero-order valence-corrected chi connectivity index (χ0v) is 7.56. The Hall–Kier alpha value is -1.97. The molecule has 0 bridgehead atoms. The molecule has 0 fully saturated rings. The normalized spacial score (nSPS) is 10.4. The van der Waals surface area contributed by atoms with Gasteiger partial charge in [0.15, 0.2) is 0 Å². The summed E-state index contributed by atoms with van der Waals surface area (Å²) in [7, 11) is 1.49. The highest BCUT2D eigenvalue weighted by molar-refractivity contribution is 5.96. The van der Waals surface area contributed by atoms with E-state index in [1.807, 2.05) is 0 Å². The minimum absolute atomic E-state index is 0.0145. The number of phenols is 1. The molecule has 0 unspecified atom stereocenters. The molecule has 4 nitrogen and oxygen atoms in total. The molecule has 0 atom stereocenters. The van der Waals surface area contributed by atoms with Gasteiger partial charge >= 0.3 is 0 Å². The fourth-order valence-electron chi connectivity index (χ4n) is 1.40. The van der Waals surface area contributed by atoms with Crippen LogP contribution in [0.25, 0.3) is 10.8 Å². The number of benzene rings is 1. The minimum Gasteiger partial charge on any atom is -0.507 e. The number of rotatable bonds is 1. The molecule has 0 spiro atoms. The lowest BCUT2D eigenvalue weighted by Crippen LogP contribution is -1.89. The quantitative estimate of drug-likeness (QED) is 0.719. The van der Waals surface area contributed by atoms with E-state index >= 15 is 0 Å². The lowest BCUT2D eigenvalue weighted by molar-refractivity contribution is 0.400. The Morgan fingerprint density at radius 1 is 1.21 bits per heavy atom. The van der Waals surface area contributed by atoms with Crippen molar-refractivity contribution in [2.75, 3.05) is 7.11 Å². The van der Waals surface area contributed by atoms with Gasteiger partial charge in [0, 0.05) is 0 Å². The van der Waals surface area contributed by atoms with Crippen LogP contribution in [0.1, 0.15) is 0 Å². The van der Waals surface area contributed by atoms with Crippen LogP contribution in [0.5, 0.6) is 17.4 Å². The van der Waals surface area contributed by atoms with Gasteiger partial charge in [0.2, 0.25) is 5.88 Å². The standard InChI is InChI=1S/C10H9NO3/c1-14-10-6-3-2-4-7(12)9(6)8(13)5-11-10/h2-5,12-13H,1H3. The molecule has 2 N–H and O–H groups in total. The second-order valence-corrected chi connectivity index (χ2v) is 2.85. The summed E-state index contributed by atoms with van der Waals surface area (Å²) in [5.41, 5.74) is 0. The molecule has 2 rings (SSSR count). The molecule has 0 aliphatic rings. The van der Waals surface area contributed by atoms with Gasteiger partial charge in [0.25, 0.3) is 0 Å². The fourth-order valence-corrected chi connectivity index (χ4v) is 1.40. The number of fused-ring (bicyclic) bond motifs is 1. The average Bonchev–Trinajstić information content (AvgIpc) is 2.18. The van der Waals surface area contributed by atoms with E-state index in [0.29, 0.717) is 16.7 Å². The van der Waals surface area contributed by atoms with E-state index < -0.39 is 0 Å². The molecule has 1 heterocycles. The molecular formula is C10H9NO3. The summed E-state index contributed by atoms with van der Waals surface area (Å²) in [4.78, 5) is 3.88. The molecule has 1 aromatic heterocycles. The Morgan fingerprint density at radius 2 is 2.00 bits per heavy atom. The second-order valence-electron chi connectivity index (χ2n) is 2.85. The molecule has 0 saturated carbocycles. The van der Waals surface area contributed by atoms with Crippen molar-refractivity contribution in [1.29, 1.82) is 0 Å². The van der Waals surface area contributed by atoms with Crippen molar-refractivity contribution in [3.63, 3.8) is 0 Å². The number of nitrogens with zero attached hydrogens (tertiary/aromatic N) is 1. The van der Waals surface area contributed by atoms with Gasteiger partial charge in [-0.1, -0.05) is 6.07 Å². The highest BCUT2D eigenvalue weighted by Crippen LogP contribution is 2.35. The molecule has 0 radical (unpaired) electrons. The molecule has 0 saturated heterocycles. The zero-order chi connectivity index (χ0) is 10.1. The Kier molecular flexibility index (Phi) is 1.89.